The summed E-state index contributed by atoms with van der Waals surface area (Å²) in [5, 5.41) is 12.1. The number of nitrogens with zero attached hydrogens (tertiary/aromatic N) is 2. The first-order chi connectivity index (χ1) is 12.3. The standard InChI is InChI=1S/C18H21N3O4S/c1-18(2,3)16-20-21-17(26-16)19-15(23)7-5-12(22)11-4-6-13-14(10-11)25-9-8-24-13/h4,6,10H,5,7-9H2,1-3H3,(H,19,21,23). The van der Waals surface area contributed by atoms with Crippen LogP contribution in [0.4, 0.5) is 5.13 Å². The van der Waals surface area contributed by atoms with Gasteiger partial charge in [0.05, 0.1) is 0 Å². The molecular formula is C18H21N3O4S. The number of amides is 1. The summed E-state index contributed by atoms with van der Waals surface area (Å²) < 4.78 is 10.9. The van der Waals surface area contributed by atoms with E-state index in [0.29, 0.717) is 35.4 Å². The molecule has 0 aliphatic carbocycles. The van der Waals surface area contributed by atoms with Gasteiger partial charge in [-0.2, -0.15) is 0 Å². The molecule has 138 valence electrons. The fraction of sp³-hybridized carbons (Fsp3) is 0.444. The molecule has 2 heterocycles. The molecule has 0 atom stereocenters. The first-order valence-corrected chi connectivity index (χ1v) is 9.21. The highest BCUT2D eigenvalue weighted by atomic mass is 32.1. The lowest BCUT2D eigenvalue weighted by molar-refractivity contribution is -0.116. The lowest BCUT2D eigenvalue weighted by atomic mass is 9.98. The molecule has 8 heteroatoms. The van der Waals surface area contributed by atoms with Crippen molar-refractivity contribution in [3.05, 3.63) is 28.8 Å². The highest BCUT2D eigenvalue weighted by Crippen LogP contribution is 2.31. The van der Waals surface area contributed by atoms with Crippen molar-refractivity contribution in [2.24, 2.45) is 0 Å². The Hall–Kier alpha value is -2.48. The Balaban J connectivity index is 1.54. The van der Waals surface area contributed by atoms with E-state index in [1.165, 1.54) is 11.3 Å². The topological polar surface area (TPSA) is 90.4 Å². The van der Waals surface area contributed by atoms with Crippen LogP contribution in [0.25, 0.3) is 0 Å². The summed E-state index contributed by atoms with van der Waals surface area (Å²) in [5.74, 6) is 0.823. The monoisotopic (exact) mass is 375 g/mol. The summed E-state index contributed by atoms with van der Waals surface area (Å²) >= 11 is 1.34. The Morgan fingerprint density at radius 1 is 1.12 bits per heavy atom. The van der Waals surface area contributed by atoms with Gasteiger partial charge < -0.3 is 14.8 Å². The summed E-state index contributed by atoms with van der Waals surface area (Å²) in [6, 6.07) is 5.07. The van der Waals surface area contributed by atoms with E-state index in [1.54, 1.807) is 18.2 Å². The Morgan fingerprint density at radius 2 is 1.85 bits per heavy atom. The molecule has 0 bridgehead atoms. The fourth-order valence-electron chi connectivity index (χ4n) is 2.35. The smallest absolute Gasteiger partial charge is 0.226 e. The molecule has 7 nitrogen and oxygen atoms in total. The summed E-state index contributed by atoms with van der Waals surface area (Å²) in [6.45, 7) is 7.07. The van der Waals surface area contributed by atoms with Crippen LogP contribution < -0.4 is 14.8 Å². The van der Waals surface area contributed by atoms with Crippen molar-refractivity contribution in [2.45, 2.75) is 39.0 Å². The third-order valence-corrected chi connectivity index (χ3v) is 5.02. The normalized spacial score (nSPS) is 13.3. The first-order valence-electron chi connectivity index (χ1n) is 8.39. The van der Waals surface area contributed by atoms with E-state index in [-0.39, 0.29) is 29.9 Å². The Bertz CT molecular complexity index is 826. The minimum Gasteiger partial charge on any atom is -0.486 e. The van der Waals surface area contributed by atoms with E-state index in [2.05, 4.69) is 15.5 Å². The number of rotatable bonds is 5. The third kappa shape index (κ3) is 4.37. The van der Waals surface area contributed by atoms with Crippen molar-refractivity contribution >= 4 is 28.2 Å². The Kier molecular flexibility index (Phi) is 5.22. The summed E-state index contributed by atoms with van der Waals surface area (Å²) in [6.07, 6.45) is 0.189. The van der Waals surface area contributed by atoms with Crippen molar-refractivity contribution in [2.75, 3.05) is 18.5 Å². The second kappa shape index (κ2) is 7.41. The van der Waals surface area contributed by atoms with Crippen molar-refractivity contribution in [1.82, 2.24) is 10.2 Å². The molecule has 1 aliphatic heterocycles. The van der Waals surface area contributed by atoms with Gasteiger partial charge in [0.25, 0.3) is 0 Å². The minimum atomic E-state index is -0.257. The second-order valence-electron chi connectivity index (χ2n) is 6.99. The molecule has 0 radical (unpaired) electrons. The molecule has 1 amide bonds. The van der Waals surface area contributed by atoms with Gasteiger partial charge in [0, 0.05) is 23.8 Å². The zero-order valence-corrected chi connectivity index (χ0v) is 15.8. The first kappa shape index (κ1) is 18.3. The molecule has 0 spiro atoms. The number of anilines is 1. The van der Waals surface area contributed by atoms with Gasteiger partial charge >= 0.3 is 0 Å². The number of ether oxygens (including phenoxy) is 2. The van der Waals surface area contributed by atoms with E-state index in [1.807, 2.05) is 20.8 Å². The molecule has 1 aliphatic rings. The number of Topliss-reactive ketones (excluding diaryl/α,β-unsaturated/α-hetero) is 1. The number of nitrogens with one attached hydrogen (secondary N) is 1. The number of hydrogen-bond donors (Lipinski definition) is 1. The highest BCUT2D eigenvalue weighted by molar-refractivity contribution is 7.15. The highest BCUT2D eigenvalue weighted by Gasteiger charge is 2.20. The van der Waals surface area contributed by atoms with Gasteiger partial charge in [-0.1, -0.05) is 32.1 Å². The Labute approximate surface area is 155 Å². The van der Waals surface area contributed by atoms with Crippen LogP contribution in [-0.2, 0) is 10.2 Å². The molecular weight excluding hydrogens is 354 g/mol. The summed E-state index contributed by atoms with van der Waals surface area (Å²) in [5.41, 5.74) is 0.391. The van der Waals surface area contributed by atoms with Crippen molar-refractivity contribution in [3.8, 4) is 11.5 Å². The van der Waals surface area contributed by atoms with Crippen LogP contribution in [0.1, 0.15) is 49.0 Å². The lowest BCUT2D eigenvalue weighted by Crippen LogP contribution is -2.16. The van der Waals surface area contributed by atoms with Gasteiger partial charge in [-0.3, -0.25) is 9.59 Å². The van der Waals surface area contributed by atoms with E-state index in [0.717, 1.165) is 5.01 Å². The van der Waals surface area contributed by atoms with Crippen molar-refractivity contribution < 1.29 is 19.1 Å². The second-order valence-corrected chi connectivity index (χ2v) is 7.97. The molecule has 0 saturated carbocycles. The molecule has 0 fully saturated rings. The zero-order chi connectivity index (χ0) is 18.7. The van der Waals surface area contributed by atoms with E-state index < -0.39 is 0 Å². The predicted molar refractivity (Wildman–Crippen MR) is 98.2 cm³/mol. The fourth-order valence-corrected chi connectivity index (χ4v) is 3.16. The van der Waals surface area contributed by atoms with Gasteiger partial charge in [0.15, 0.2) is 17.3 Å². The number of ketones is 1. The van der Waals surface area contributed by atoms with E-state index in [4.69, 9.17) is 9.47 Å². The molecule has 1 aromatic carbocycles. The van der Waals surface area contributed by atoms with Gasteiger partial charge in [0.1, 0.15) is 18.2 Å². The molecule has 0 saturated heterocycles. The number of fused-ring (bicyclic) bond motifs is 1. The van der Waals surface area contributed by atoms with E-state index >= 15 is 0 Å². The summed E-state index contributed by atoms with van der Waals surface area (Å²) in [7, 11) is 0. The maximum atomic E-state index is 12.3. The summed E-state index contributed by atoms with van der Waals surface area (Å²) in [4.78, 5) is 24.4. The van der Waals surface area contributed by atoms with Gasteiger partial charge in [-0.15, -0.1) is 10.2 Å². The molecule has 3 rings (SSSR count). The van der Waals surface area contributed by atoms with Crippen LogP contribution in [0.2, 0.25) is 0 Å². The third-order valence-electron chi connectivity index (χ3n) is 3.76. The SMILES string of the molecule is CC(C)(C)c1nnc(NC(=O)CCC(=O)c2ccc3c(c2)OCCO3)s1. The van der Waals surface area contributed by atoms with Crippen molar-refractivity contribution in [1.29, 1.82) is 0 Å². The van der Waals surface area contributed by atoms with Gasteiger partial charge in [-0.25, -0.2) is 0 Å². The van der Waals surface area contributed by atoms with Crippen LogP contribution in [0.5, 0.6) is 11.5 Å². The van der Waals surface area contributed by atoms with Gasteiger partial charge in [0.2, 0.25) is 11.0 Å². The largest absolute Gasteiger partial charge is 0.486 e. The minimum absolute atomic E-state index is 0.0811. The van der Waals surface area contributed by atoms with Crippen molar-refractivity contribution in [3.63, 3.8) is 0 Å². The molecule has 0 unspecified atom stereocenters. The molecule has 2 aromatic rings. The average molecular weight is 375 g/mol. The molecule has 1 aromatic heterocycles. The Morgan fingerprint density at radius 3 is 2.54 bits per heavy atom. The van der Waals surface area contributed by atoms with E-state index in [9.17, 15) is 9.59 Å². The number of hydrogen-bond acceptors (Lipinski definition) is 7. The quantitative estimate of drug-likeness (QED) is 0.807. The number of aromatic nitrogens is 2. The van der Waals surface area contributed by atoms with Crippen LogP contribution in [0, 0.1) is 0 Å². The maximum Gasteiger partial charge on any atom is 0.226 e. The predicted octanol–water partition coefficient (Wildman–Crippen LogP) is 3.21. The van der Waals surface area contributed by atoms with Crippen LogP contribution >= 0.6 is 11.3 Å². The van der Waals surface area contributed by atoms with Gasteiger partial charge in [-0.05, 0) is 18.2 Å². The average Bonchev–Trinajstić information content (AvgIpc) is 3.08. The molecule has 1 N–H and O–H groups in total. The lowest BCUT2D eigenvalue weighted by Gasteiger charge is -2.18. The van der Waals surface area contributed by atoms with Crippen LogP contribution in [0.3, 0.4) is 0 Å². The number of carbonyl (C=O) groups is 2. The van der Waals surface area contributed by atoms with Crippen LogP contribution in [0.15, 0.2) is 18.2 Å². The zero-order valence-electron chi connectivity index (χ0n) is 15.0. The molecule has 26 heavy (non-hydrogen) atoms. The number of carbonyl (C=O) groups excluding carboxylic acids is 2. The number of benzene rings is 1. The van der Waals surface area contributed by atoms with Crippen LogP contribution in [-0.4, -0.2) is 35.1 Å². The maximum absolute atomic E-state index is 12.3.